The predicted molar refractivity (Wildman–Crippen MR) is 79.4 cm³/mol. The summed E-state index contributed by atoms with van der Waals surface area (Å²) < 4.78 is 0.784. The van der Waals surface area contributed by atoms with Crippen molar-refractivity contribution in [1.29, 1.82) is 0 Å². The van der Waals surface area contributed by atoms with Gasteiger partial charge in [-0.25, -0.2) is 0 Å². The van der Waals surface area contributed by atoms with Crippen LogP contribution in [0, 0.1) is 0 Å². The molecule has 1 aromatic carbocycles. The zero-order valence-electron chi connectivity index (χ0n) is 9.61. The van der Waals surface area contributed by atoms with Gasteiger partial charge in [-0.1, -0.05) is 11.6 Å². The fourth-order valence-electron chi connectivity index (χ4n) is 1.52. The Kier molecular flexibility index (Phi) is 4.43. The zero-order chi connectivity index (χ0) is 13.1. The highest BCUT2D eigenvalue weighted by Gasteiger charge is 2.12. The molecule has 5 heteroatoms. The first-order chi connectivity index (χ1) is 8.58. The molecule has 1 heterocycles. The summed E-state index contributed by atoms with van der Waals surface area (Å²) >= 11 is 10.9. The number of halogens is 2. The normalized spacial score (nSPS) is 12.2. The molecule has 1 atom stereocenters. The first-order valence-electron chi connectivity index (χ1n) is 5.36. The van der Waals surface area contributed by atoms with E-state index in [0.29, 0.717) is 10.6 Å². The Morgan fingerprint density at radius 2 is 2.22 bits per heavy atom. The minimum Gasteiger partial charge on any atom is -0.345 e. The van der Waals surface area contributed by atoms with Crippen molar-refractivity contribution in [2.45, 2.75) is 13.0 Å². The molecule has 2 nitrogen and oxygen atoms in total. The third-order valence-electron chi connectivity index (χ3n) is 2.57. The van der Waals surface area contributed by atoms with Crippen molar-refractivity contribution in [2.24, 2.45) is 0 Å². The smallest absolute Gasteiger partial charge is 0.251 e. The van der Waals surface area contributed by atoms with Gasteiger partial charge in [0.2, 0.25) is 0 Å². The summed E-state index contributed by atoms with van der Waals surface area (Å²) in [5.41, 5.74) is 1.67. The molecule has 2 rings (SSSR count). The van der Waals surface area contributed by atoms with Crippen LogP contribution >= 0.6 is 38.9 Å². The Morgan fingerprint density at radius 3 is 2.83 bits per heavy atom. The molecule has 0 aliphatic heterocycles. The van der Waals surface area contributed by atoms with Crippen LogP contribution in [-0.2, 0) is 0 Å². The number of hydrogen-bond acceptors (Lipinski definition) is 2. The van der Waals surface area contributed by atoms with Crippen molar-refractivity contribution in [3.05, 3.63) is 55.6 Å². The Labute approximate surface area is 123 Å². The first kappa shape index (κ1) is 13.6. The summed E-state index contributed by atoms with van der Waals surface area (Å²) in [5.74, 6) is -0.122. The molecule has 1 N–H and O–H groups in total. The van der Waals surface area contributed by atoms with Crippen LogP contribution in [0.3, 0.4) is 0 Å². The van der Waals surface area contributed by atoms with E-state index in [-0.39, 0.29) is 11.9 Å². The van der Waals surface area contributed by atoms with Crippen molar-refractivity contribution in [3.63, 3.8) is 0 Å². The quantitative estimate of drug-likeness (QED) is 0.862. The van der Waals surface area contributed by atoms with Crippen molar-refractivity contribution in [1.82, 2.24) is 5.32 Å². The van der Waals surface area contributed by atoms with Crippen LogP contribution in [-0.4, -0.2) is 5.91 Å². The maximum Gasteiger partial charge on any atom is 0.251 e. The summed E-state index contributed by atoms with van der Waals surface area (Å²) in [4.78, 5) is 12.0. The van der Waals surface area contributed by atoms with Gasteiger partial charge in [0.1, 0.15) is 0 Å². The van der Waals surface area contributed by atoms with E-state index in [1.807, 2.05) is 23.8 Å². The average Bonchev–Trinajstić information content (AvgIpc) is 2.86. The van der Waals surface area contributed by atoms with Crippen molar-refractivity contribution in [2.75, 3.05) is 0 Å². The Morgan fingerprint density at radius 1 is 1.44 bits per heavy atom. The van der Waals surface area contributed by atoms with E-state index < -0.39 is 0 Å². The molecule has 0 radical (unpaired) electrons. The van der Waals surface area contributed by atoms with Crippen LogP contribution in [0.1, 0.15) is 28.9 Å². The molecule has 0 aliphatic carbocycles. The lowest BCUT2D eigenvalue weighted by Gasteiger charge is -2.12. The van der Waals surface area contributed by atoms with Gasteiger partial charge in [0.05, 0.1) is 11.1 Å². The zero-order valence-corrected chi connectivity index (χ0v) is 12.8. The second kappa shape index (κ2) is 5.87. The van der Waals surface area contributed by atoms with E-state index in [0.717, 1.165) is 10.0 Å². The van der Waals surface area contributed by atoms with Gasteiger partial charge >= 0.3 is 0 Å². The van der Waals surface area contributed by atoms with E-state index >= 15 is 0 Å². The molecule has 0 bridgehead atoms. The maximum absolute atomic E-state index is 12.0. The second-order valence-electron chi connectivity index (χ2n) is 3.88. The van der Waals surface area contributed by atoms with Crippen LogP contribution < -0.4 is 5.32 Å². The summed E-state index contributed by atoms with van der Waals surface area (Å²) in [6, 6.07) is 7.16. The minimum atomic E-state index is -0.122. The highest BCUT2D eigenvalue weighted by molar-refractivity contribution is 9.10. The maximum atomic E-state index is 12.0. The standard InChI is InChI=1S/C13H11BrClNOS/c1-8(10-4-5-18-7-10)16-13(17)9-2-3-11(14)12(15)6-9/h2-8H,1H3,(H,16,17). The predicted octanol–water partition coefficient (Wildman–Crippen LogP) is 4.66. The first-order valence-corrected chi connectivity index (χ1v) is 7.47. The molecule has 1 aromatic heterocycles. The number of amides is 1. The van der Waals surface area contributed by atoms with Crippen LogP contribution in [0.4, 0.5) is 0 Å². The monoisotopic (exact) mass is 343 g/mol. The molecule has 0 fully saturated rings. The molecular weight excluding hydrogens is 334 g/mol. The number of carbonyl (C=O) groups is 1. The number of carbonyl (C=O) groups excluding carboxylic acids is 1. The molecular formula is C13H11BrClNOS. The molecule has 18 heavy (non-hydrogen) atoms. The Bertz CT molecular complexity index is 556. The molecule has 0 spiro atoms. The number of nitrogens with one attached hydrogen (secondary N) is 1. The third kappa shape index (κ3) is 3.13. The molecule has 0 saturated heterocycles. The number of rotatable bonds is 3. The number of benzene rings is 1. The SMILES string of the molecule is CC(NC(=O)c1ccc(Br)c(Cl)c1)c1ccsc1. The highest BCUT2D eigenvalue weighted by Crippen LogP contribution is 2.23. The fraction of sp³-hybridized carbons (Fsp3) is 0.154. The molecule has 1 amide bonds. The van der Waals surface area contributed by atoms with Crippen molar-refractivity contribution < 1.29 is 4.79 Å². The van der Waals surface area contributed by atoms with Gasteiger partial charge in [-0.05, 0) is 63.4 Å². The van der Waals surface area contributed by atoms with Crippen LogP contribution in [0.25, 0.3) is 0 Å². The third-order valence-corrected chi connectivity index (χ3v) is 4.51. The lowest BCUT2D eigenvalue weighted by Crippen LogP contribution is -2.26. The summed E-state index contributed by atoms with van der Waals surface area (Å²) in [5, 5.41) is 7.49. The fourth-order valence-corrected chi connectivity index (χ4v) is 2.70. The van der Waals surface area contributed by atoms with Gasteiger partial charge in [0.25, 0.3) is 5.91 Å². The molecule has 2 aromatic rings. The topological polar surface area (TPSA) is 29.1 Å². The van der Waals surface area contributed by atoms with Gasteiger partial charge in [0.15, 0.2) is 0 Å². The van der Waals surface area contributed by atoms with Crippen LogP contribution in [0.2, 0.25) is 5.02 Å². The van der Waals surface area contributed by atoms with E-state index in [2.05, 4.69) is 21.2 Å². The molecule has 0 saturated carbocycles. The van der Waals surface area contributed by atoms with Gasteiger partial charge < -0.3 is 5.32 Å². The minimum absolute atomic E-state index is 0.00817. The molecule has 1 unspecified atom stereocenters. The van der Waals surface area contributed by atoms with E-state index in [1.54, 1.807) is 29.5 Å². The van der Waals surface area contributed by atoms with Gasteiger partial charge in [-0.2, -0.15) is 11.3 Å². The van der Waals surface area contributed by atoms with Gasteiger partial charge in [0, 0.05) is 10.0 Å². The van der Waals surface area contributed by atoms with Gasteiger partial charge in [-0.15, -0.1) is 0 Å². The van der Waals surface area contributed by atoms with E-state index in [1.165, 1.54) is 0 Å². The number of hydrogen-bond donors (Lipinski definition) is 1. The number of thiophene rings is 1. The lowest BCUT2D eigenvalue weighted by atomic mass is 10.1. The summed E-state index contributed by atoms with van der Waals surface area (Å²) in [6.45, 7) is 1.96. The van der Waals surface area contributed by atoms with Gasteiger partial charge in [-0.3, -0.25) is 4.79 Å². The molecule has 94 valence electrons. The van der Waals surface area contributed by atoms with E-state index in [9.17, 15) is 4.79 Å². The van der Waals surface area contributed by atoms with Crippen molar-refractivity contribution in [3.8, 4) is 0 Å². The van der Waals surface area contributed by atoms with Crippen LogP contribution in [0.15, 0.2) is 39.5 Å². The second-order valence-corrected chi connectivity index (χ2v) is 5.92. The summed E-state index contributed by atoms with van der Waals surface area (Å²) in [6.07, 6.45) is 0. The molecule has 0 aliphatic rings. The van der Waals surface area contributed by atoms with Crippen molar-refractivity contribution >= 4 is 44.8 Å². The average molecular weight is 345 g/mol. The summed E-state index contributed by atoms with van der Waals surface area (Å²) in [7, 11) is 0. The van der Waals surface area contributed by atoms with Crippen LogP contribution in [0.5, 0.6) is 0 Å². The Balaban J connectivity index is 2.10. The highest BCUT2D eigenvalue weighted by atomic mass is 79.9. The lowest BCUT2D eigenvalue weighted by molar-refractivity contribution is 0.0940. The van der Waals surface area contributed by atoms with E-state index in [4.69, 9.17) is 11.6 Å². The Hall–Kier alpha value is -0.840. The largest absolute Gasteiger partial charge is 0.345 e.